The molecule has 0 saturated heterocycles. The molecule has 0 heterocycles. The molecule has 0 saturated carbocycles. The molecule has 0 aliphatic heterocycles. The third-order valence-electron chi connectivity index (χ3n) is 0.997. The van der Waals surface area contributed by atoms with Crippen LogP contribution >= 0.6 is 10.8 Å². The van der Waals surface area contributed by atoms with Crippen LogP contribution in [0.5, 0.6) is 0 Å². The van der Waals surface area contributed by atoms with Crippen molar-refractivity contribution in [1.82, 2.24) is 4.72 Å². The van der Waals surface area contributed by atoms with Gasteiger partial charge in [0.1, 0.15) is 0 Å². The Kier molecular flexibility index (Phi) is 5.03. The van der Waals surface area contributed by atoms with Crippen molar-refractivity contribution in [3.05, 3.63) is 0 Å². The second-order valence-corrected chi connectivity index (χ2v) is 4.61. The van der Waals surface area contributed by atoms with Crippen molar-refractivity contribution in [3.8, 4) is 0 Å². The molecule has 11 heavy (non-hydrogen) atoms. The van der Waals surface area contributed by atoms with Crippen LogP contribution in [0, 0.1) is 0 Å². The monoisotopic (exact) mass is 183 g/mol. The van der Waals surface area contributed by atoms with Crippen LogP contribution < -0.4 is 4.72 Å². The van der Waals surface area contributed by atoms with Gasteiger partial charge in [-0.1, -0.05) is 0 Å². The summed E-state index contributed by atoms with van der Waals surface area (Å²) in [5, 5.41) is 0. The average Bonchev–Trinajstić information content (AvgIpc) is 1.81. The molecule has 70 valence electrons. The minimum Gasteiger partial charge on any atom is -0.383 e. The Bertz CT molecular complexity index is 108. The van der Waals surface area contributed by atoms with Crippen molar-refractivity contribution >= 4 is 10.8 Å². The Morgan fingerprint density at radius 2 is 2.00 bits per heavy atom. The first kappa shape index (κ1) is 11.2. The van der Waals surface area contributed by atoms with Crippen molar-refractivity contribution in [2.45, 2.75) is 19.9 Å². The van der Waals surface area contributed by atoms with Crippen LogP contribution in [0.25, 0.3) is 0 Å². The fraction of sp³-hybridized carbons (Fsp3) is 1.00. The molecular weight excluding hydrogens is 166 g/mol. The summed E-state index contributed by atoms with van der Waals surface area (Å²) in [6, 6.07) is 0.0804. The van der Waals surface area contributed by atoms with Gasteiger partial charge in [-0.25, -0.2) is 4.72 Å². The van der Waals surface area contributed by atoms with Crippen LogP contribution in [-0.2, 0) is 4.74 Å². The largest absolute Gasteiger partial charge is 0.383 e. The first-order chi connectivity index (χ1) is 4.98. The number of hydrogen-bond donors (Lipinski definition) is 3. The summed E-state index contributed by atoms with van der Waals surface area (Å²) in [7, 11) is -1.09. The Balaban J connectivity index is 3.61. The SMILES string of the molecule is COCCS(O)(O)NC(C)C. The van der Waals surface area contributed by atoms with Crippen LogP contribution in [-0.4, -0.2) is 34.6 Å². The molecule has 0 spiro atoms. The molecule has 0 aromatic rings. The van der Waals surface area contributed by atoms with Gasteiger partial charge in [-0.3, -0.25) is 9.11 Å². The van der Waals surface area contributed by atoms with Gasteiger partial charge in [-0.2, -0.15) is 0 Å². The van der Waals surface area contributed by atoms with Crippen LogP contribution in [0.2, 0.25) is 0 Å². The molecule has 0 radical (unpaired) electrons. The normalized spacial score (nSPS) is 14.0. The molecule has 0 aliphatic carbocycles. The van der Waals surface area contributed by atoms with E-state index in [1.165, 1.54) is 7.11 Å². The number of methoxy groups -OCH3 is 1. The van der Waals surface area contributed by atoms with Crippen LogP contribution in [0.4, 0.5) is 0 Å². The van der Waals surface area contributed by atoms with Crippen molar-refractivity contribution < 1.29 is 13.8 Å². The summed E-state index contributed by atoms with van der Waals surface area (Å²) in [5.74, 6) is 0.252. The van der Waals surface area contributed by atoms with E-state index in [2.05, 4.69) is 4.72 Å². The van der Waals surface area contributed by atoms with Crippen LogP contribution in [0.3, 0.4) is 0 Å². The fourth-order valence-electron chi connectivity index (χ4n) is 0.636. The molecule has 0 bridgehead atoms. The number of nitrogens with one attached hydrogen (secondary N) is 1. The van der Waals surface area contributed by atoms with Gasteiger partial charge in [0.25, 0.3) is 0 Å². The van der Waals surface area contributed by atoms with Crippen molar-refractivity contribution in [3.63, 3.8) is 0 Å². The molecule has 0 aromatic carbocycles. The predicted octanol–water partition coefficient (Wildman–Crippen LogP) is 1.30. The van der Waals surface area contributed by atoms with Gasteiger partial charge in [0.05, 0.1) is 12.4 Å². The lowest BCUT2D eigenvalue weighted by atomic mass is 10.4. The number of rotatable bonds is 5. The maximum absolute atomic E-state index is 9.26. The molecule has 0 aliphatic rings. The lowest BCUT2D eigenvalue weighted by Crippen LogP contribution is -2.29. The predicted molar refractivity (Wildman–Crippen MR) is 47.9 cm³/mol. The van der Waals surface area contributed by atoms with E-state index in [1.807, 2.05) is 13.8 Å². The molecule has 0 amide bonds. The van der Waals surface area contributed by atoms with Gasteiger partial charge in [0.2, 0.25) is 0 Å². The number of hydrogen-bond acceptors (Lipinski definition) is 4. The summed E-state index contributed by atoms with van der Waals surface area (Å²) in [4.78, 5) is 0. The third-order valence-corrected chi connectivity index (χ3v) is 2.58. The maximum atomic E-state index is 9.26. The highest BCUT2D eigenvalue weighted by Gasteiger charge is 2.11. The topological polar surface area (TPSA) is 61.7 Å². The van der Waals surface area contributed by atoms with E-state index in [4.69, 9.17) is 4.74 Å². The van der Waals surface area contributed by atoms with Gasteiger partial charge in [-0.15, -0.1) is 10.8 Å². The van der Waals surface area contributed by atoms with E-state index in [0.717, 1.165) is 0 Å². The molecule has 5 heteroatoms. The highest BCUT2D eigenvalue weighted by Crippen LogP contribution is 2.33. The Morgan fingerprint density at radius 1 is 1.45 bits per heavy atom. The van der Waals surface area contributed by atoms with Gasteiger partial charge < -0.3 is 4.74 Å². The second kappa shape index (κ2) is 4.95. The zero-order valence-corrected chi connectivity index (χ0v) is 8.02. The standard InChI is InChI=1S/C6H17NO3S/c1-6(2)7-11(8,9)5-4-10-3/h6-9H,4-5H2,1-3H3. The highest BCUT2D eigenvalue weighted by atomic mass is 32.3. The summed E-state index contributed by atoms with van der Waals surface area (Å²) in [6.45, 7) is 4.09. The maximum Gasteiger partial charge on any atom is 0.0762 e. The minimum atomic E-state index is -2.62. The molecule has 0 rings (SSSR count). The molecule has 4 nitrogen and oxygen atoms in total. The summed E-state index contributed by atoms with van der Waals surface area (Å²) < 4.78 is 25.9. The first-order valence-corrected chi connectivity index (χ1v) is 5.21. The molecular formula is C6H17NO3S. The van der Waals surface area contributed by atoms with Gasteiger partial charge in [0, 0.05) is 13.2 Å². The van der Waals surface area contributed by atoms with E-state index >= 15 is 0 Å². The third kappa shape index (κ3) is 6.58. The van der Waals surface area contributed by atoms with Crippen LogP contribution in [0.15, 0.2) is 0 Å². The average molecular weight is 183 g/mol. The Morgan fingerprint density at radius 3 is 2.36 bits per heavy atom. The fourth-order valence-corrected chi connectivity index (χ4v) is 1.91. The van der Waals surface area contributed by atoms with Gasteiger partial charge in [0.15, 0.2) is 0 Å². The lowest BCUT2D eigenvalue weighted by molar-refractivity contribution is 0.214. The molecule has 0 aromatic heterocycles. The van der Waals surface area contributed by atoms with Crippen molar-refractivity contribution in [1.29, 1.82) is 0 Å². The van der Waals surface area contributed by atoms with E-state index in [1.54, 1.807) is 0 Å². The molecule has 3 N–H and O–H groups in total. The quantitative estimate of drug-likeness (QED) is 0.601. The molecule has 0 atom stereocenters. The highest BCUT2D eigenvalue weighted by molar-refractivity contribution is 8.22. The van der Waals surface area contributed by atoms with Crippen molar-refractivity contribution in [2.75, 3.05) is 19.5 Å². The molecule has 0 fully saturated rings. The zero-order valence-electron chi connectivity index (χ0n) is 7.20. The Labute approximate surface area is 69.4 Å². The van der Waals surface area contributed by atoms with E-state index in [0.29, 0.717) is 6.61 Å². The lowest BCUT2D eigenvalue weighted by Gasteiger charge is -2.34. The smallest absolute Gasteiger partial charge is 0.0762 e. The summed E-state index contributed by atoms with van der Waals surface area (Å²) in [6.07, 6.45) is 0. The van der Waals surface area contributed by atoms with Gasteiger partial charge >= 0.3 is 0 Å². The first-order valence-electron chi connectivity index (χ1n) is 3.50. The zero-order chi connectivity index (χ0) is 8.91. The molecule has 0 unspecified atom stereocenters. The van der Waals surface area contributed by atoms with E-state index in [9.17, 15) is 9.11 Å². The Hall–Kier alpha value is 0.190. The minimum absolute atomic E-state index is 0.0804. The number of ether oxygens (including phenoxy) is 1. The van der Waals surface area contributed by atoms with E-state index in [-0.39, 0.29) is 11.8 Å². The second-order valence-electron chi connectivity index (χ2n) is 2.64. The van der Waals surface area contributed by atoms with Crippen LogP contribution in [0.1, 0.15) is 13.8 Å². The summed E-state index contributed by atoms with van der Waals surface area (Å²) in [5.41, 5.74) is 0. The van der Waals surface area contributed by atoms with Gasteiger partial charge in [-0.05, 0) is 13.8 Å². The summed E-state index contributed by atoms with van der Waals surface area (Å²) >= 11 is 0. The van der Waals surface area contributed by atoms with Crippen molar-refractivity contribution in [2.24, 2.45) is 0 Å². The van der Waals surface area contributed by atoms with E-state index < -0.39 is 10.8 Å².